The first-order valence-electron chi connectivity index (χ1n) is 5.02. The maximum atomic E-state index is 12.0. The summed E-state index contributed by atoms with van der Waals surface area (Å²) in [4.78, 5) is 21.5. The minimum absolute atomic E-state index is 0.120. The van der Waals surface area contributed by atoms with E-state index in [9.17, 15) is 18.0 Å². The molecule has 1 atom stereocenters. The van der Waals surface area contributed by atoms with Gasteiger partial charge in [-0.2, -0.15) is 4.72 Å². The van der Waals surface area contributed by atoms with Gasteiger partial charge in [0.2, 0.25) is 15.9 Å². The number of nitrogens with one attached hydrogen (secondary N) is 1. The Morgan fingerprint density at radius 2 is 1.95 bits per heavy atom. The Morgan fingerprint density at radius 1 is 1.37 bits per heavy atom. The fourth-order valence-electron chi connectivity index (χ4n) is 1.29. The van der Waals surface area contributed by atoms with E-state index in [1.165, 1.54) is 18.2 Å². The number of primary amides is 1. The predicted molar refractivity (Wildman–Crippen MR) is 69.7 cm³/mol. The molecule has 0 aliphatic rings. The molecule has 1 aromatic rings. The molecular weight excluding hydrogens is 340 g/mol. The normalized spacial score (nSPS) is 12.9. The number of carbonyl (C=O) groups excluding carboxylic acids is 1. The second kappa shape index (κ2) is 6.13. The average Bonchev–Trinajstić information content (AvgIpc) is 2.27. The maximum Gasteiger partial charge on any atom is 0.322 e. The molecule has 0 spiro atoms. The Bertz CT molecular complexity index is 602. The number of benzene rings is 1. The molecule has 19 heavy (non-hydrogen) atoms. The number of carboxylic acids is 1. The van der Waals surface area contributed by atoms with Crippen LogP contribution in [0.1, 0.15) is 6.42 Å². The topological polar surface area (TPSA) is 127 Å². The van der Waals surface area contributed by atoms with Crippen LogP contribution < -0.4 is 10.5 Å². The highest BCUT2D eigenvalue weighted by molar-refractivity contribution is 9.10. The summed E-state index contributed by atoms with van der Waals surface area (Å²) in [6.07, 6.45) is -0.626. The van der Waals surface area contributed by atoms with Crippen LogP contribution in [0.25, 0.3) is 0 Å². The van der Waals surface area contributed by atoms with Crippen LogP contribution in [0.2, 0.25) is 0 Å². The van der Waals surface area contributed by atoms with E-state index in [1.54, 1.807) is 6.07 Å². The Labute approximate surface area is 118 Å². The van der Waals surface area contributed by atoms with Crippen LogP contribution in [-0.4, -0.2) is 31.4 Å². The van der Waals surface area contributed by atoms with Crippen LogP contribution in [0.15, 0.2) is 33.6 Å². The van der Waals surface area contributed by atoms with Gasteiger partial charge in [-0.1, -0.05) is 12.1 Å². The number of hydrogen-bond acceptors (Lipinski definition) is 4. The van der Waals surface area contributed by atoms with Crippen molar-refractivity contribution in [2.45, 2.75) is 17.4 Å². The summed E-state index contributed by atoms with van der Waals surface area (Å²) in [5.41, 5.74) is 4.87. The van der Waals surface area contributed by atoms with Crippen LogP contribution in [0.5, 0.6) is 0 Å². The number of carboxylic acid groups (broad SMARTS) is 1. The van der Waals surface area contributed by atoms with Gasteiger partial charge < -0.3 is 10.8 Å². The first-order valence-corrected chi connectivity index (χ1v) is 7.29. The molecule has 1 amide bonds. The Balaban J connectivity index is 3.04. The first kappa shape index (κ1) is 15.6. The molecule has 4 N–H and O–H groups in total. The third kappa shape index (κ3) is 4.30. The molecule has 1 rings (SSSR count). The predicted octanol–water partition coefficient (Wildman–Crippen LogP) is 0.0560. The van der Waals surface area contributed by atoms with Crippen molar-refractivity contribution >= 4 is 37.8 Å². The van der Waals surface area contributed by atoms with Crippen LogP contribution in [0.4, 0.5) is 0 Å². The Morgan fingerprint density at radius 3 is 2.42 bits per heavy atom. The maximum absolute atomic E-state index is 12.0. The van der Waals surface area contributed by atoms with E-state index in [0.29, 0.717) is 0 Å². The summed E-state index contributed by atoms with van der Waals surface area (Å²) < 4.78 is 26.2. The van der Waals surface area contributed by atoms with Crippen LogP contribution >= 0.6 is 15.9 Å². The first-order chi connectivity index (χ1) is 8.74. The second-order valence-corrected chi connectivity index (χ2v) is 6.15. The summed E-state index contributed by atoms with van der Waals surface area (Å²) >= 11 is 3.05. The fraction of sp³-hybridized carbons (Fsp3) is 0.200. The molecule has 0 saturated carbocycles. The SMILES string of the molecule is NC(=O)C[C@H](NS(=O)(=O)c1ccccc1Br)C(=O)O. The number of carbonyl (C=O) groups is 2. The number of halogens is 1. The molecule has 9 heteroatoms. The Hall–Kier alpha value is -1.45. The van der Waals surface area contributed by atoms with E-state index >= 15 is 0 Å². The zero-order valence-corrected chi connectivity index (χ0v) is 11.9. The number of nitrogens with two attached hydrogens (primary N) is 1. The van der Waals surface area contributed by atoms with E-state index in [4.69, 9.17) is 10.8 Å². The molecule has 0 radical (unpaired) electrons. The van der Waals surface area contributed by atoms with E-state index in [-0.39, 0.29) is 9.37 Å². The van der Waals surface area contributed by atoms with E-state index < -0.39 is 34.4 Å². The molecule has 0 unspecified atom stereocenters. The standard InChI is InChI=1S/C10H11BrN2O5S/c11-6-3-1-2-4-8(6)19(17,18)13-7(10(15)16)5-9(12)14/h1-4,7,13H,5H2,(H2,12,14)(H,15,16)/t7-/m0/s1. The number of amides is 1. The highest BCUT2D eigenvalue weighted by atomic mass is 79.9. The van der Waals surface area contributed by atoms with Gasteiger partial charge in [-0.25, -0.2) is 8.42 Å². The van der Waals surface area contributed by atoms with Gasteiger partial charge in [-0.3, -0.25) is 9.59 Å². The van der Waals surface area contributed by atoms with Crippen molar-refractivity contribution in [3.05, 3.63) is 28.7 Å². The highest BCUT2D eigenvalue weighted by Crippen LogP contribution is 2.21. The van der Waals surface area contributed by atoms with Gasteiger partial charge in [0.05, 0.1) is 11.3 Å². The van der Waals surface area contributed by atoms with Crippen molar-refractivity contribution in [1.29, 1.82) is 0 Å². The van der Waals surface area contributed by atoms with Crippen molar-refractivity contribution < 1.29 is 23.1 Å². The molecule has 0 aliphatic heterocycles. The molecule has 0 aromatic heterocycles. The third-order valence-electron chi connectivity index (χ3n) is 2.13. The lowest BCUT2D eigenvalue weighted by Crippen LogP contribution is -2.43. The summed E-state index contributed by atoms with van der Waals surface area (Å²) in [6.45, 7) is 0. The van der Waals surface area contributed by atoms with Crippen LogP contribution in [0.3, 0.4) is 0 Å². The summed E-state index contributed by atoms with van der Waals surface area (Å²) in [7, 11) is -4.07. The third-order valence-corrected chi connectivity index (χ3v) is 4.61. The van der Waals surface area contributed by atoms with Crippen molar-refractivity contribution in [2.75, 3.05) is 0 Å². The molecular formula is C10H11BrN2O5S. The van der Waals surface area contributed by atoms with Gasteiger partial charge in [-0.15, -0.1) is 0 Å². The number of hydrogen-bond donors (Lipinski definition) is 3. The molecule has 0 heterocycles. The molecule has 0 bridgehead atoms. The van der Waals surface area contributed by atoms with Crippen molar-refractivity contribution in [3.8, 4) is 0 Å². The Kier molecular flexibility index (Phi) is 5.04. The zero-order valence-electron chi connectivity index (χ0n) is 9.54. The smallest absolute Gasteiger partial charge is 0.322 e. The lowest BCUT2D eigenvalue weighted by molar-refractivity contribution is -0.140. The molecule has 0 saturated heterocycles. The monoisotopic (exact) mass is 350 g/mol. The fourth-order valence-corrected chi connectivity index (χ4v) is 3.49. The van der Waals surface area contributed by atoms with E-state index in [2.05, 4.69) is 15.9 Å². The molecule has 0 fully saturated rings. The molecule has 7 nitrogen and oxygen atoms in total. The number of aliphatic carboxylic acids is 1. The van der Waals surface area contributed by atoms with Gasteiger partial charge in [0.15, 0.2) is 0 Å². The lowest BCUT2D eigenvalue weighted by Gasteiger charge is -2.14. The van der Waals surface area contributed by atoms with Gasteiger partial charge >= 0.3 is 5.97 Å². The second-order valence-electron chi connectivity index (χ2n) is 3.61. The van der Waals surface area contributed by atoms with Crippen molar-refractivity contribution in [1.82, 2.24) is 4.72 Å². The average molecular weight is 351 g/mol. The zero-order chi connectivity index (χ0) is 14.6. The van der Waals surface area contributed by atoms with Crippen molar-refractivity contribution in [2.24, 2.45) is 5.73 Å². The lowest BCUT2D eigenvalue weighted by atomic mass is 10.2. The quantitative estimate of drug-likeness (QED) is 0.668. The van der Waals surface area contributed by atoms with E-state index in [0.717, 1.165) is 0 Å². The minimum Gasteiger partial charge on any atom is -0.480 e. The molecule has 0 aliphatic carbocycles. The van der Waals surface area contributed by atoms with Gasteiger partial charge in [0.1, 0.15) is 6.04 Å². The number of rotatable bonds is 6. The summed E-state index contributed by atoms with van der Waals surface area (Å²) in [6, 6.07) is 4.30. The molecule has 104 valence electrons. The highest BCUT2D eigenvalue weighted by Gasteiger charge is 2.27. The van der Waals surface area contributed by atoms with E-state index in [1.807, 2.05) is 4.72 Å². The van der Waals surface area contributed by atoms with Gasteiger partial charge in [-0.05, 0) is 28.1 Å². The molecule has 1 aromatic carbocycles. The minimum atomic E-state index is -4.07. The van der Waals surface area contributed by atoms with Crippen LogP contribution in [0, 0.1) is 0 Å². The largest absolute Gasteiger partial charge is 0.480 e. The van der Waals surface area contributed by atoms with Crippen molar-refractivity contribution in [3.63, 3.8) is 0 Å². The summed E-state index contributed by atoms with van der Waals surface area (Å²) in [5, 5.41) is 8.86. The van der Waals surface area contributed by atoms with Crippen LogP contribution in [-0.2, 0) is 19.6 Å². The van der Waals surface area contributed by atoms with Gasteiger partial charge in [0, 0.05) is 4.47 Å². The number of sulfonamides is 1. The summed E-state index contributed by atoms with van der Waals surface area (Å²) in [5.74, 6) is -2.39. The van der Waals surface area contributed by atoms with Gasteiger partial charge in [0.25, 0.3) is 0 Å².